The zero-order chi connectivity index (χ0) is 32.3. The fraction of sp³-hybridized carbons (Fsp3) is 0. The second-order valence-corrected chi connectivity index (χ2v) is 12.4. The van der Waals surface area contributed by atoms with Crippen molar-refractivity contribution in [2.45, 2.75) is 0 Å². The fourth-order valence-electron chi connectivity index (χ4n) is 7.17. The minimum Gasteiger partial charge on any atom is -0.455 e. The van der Waals surface area contributed by atoms with Crippen molar-refractivity contribution >= 4 is 54.5 Å². The smallest absolute Gasteiger partial charge is 0.143 e. The van der Waals surface area contributed by atoms with E-state index in [0.717, 1.165) is 99.4 Å². The van der Waals surface area contributed by atoms with E-state index in [0.29, 0.717) is 0 Å². The molecule has 0 unspecified atom stereocenters. The molecule has 0 aliphatic rings. The van der Waals surface area contributed by atoms with Gasteiger partial charge in [0.15, 0.2) is 0 Å². The second-order valence-electron chi connectivity index (χ2n) is 12.4. The lowest BCUT2D eigenvalue weighted by Gasteiger charge is -2.11. The van der Waals surface area contributed by atoms with Gasteiger partial charge in [-0.15, -0.1) is 0 Å². The molecule has 0 saturated carbocycles. The lowest BCUT2D eigenvalue weighted by atomic mass is 9.93. The highest BCUT2D eigenvalue weighted by molar-refractivity contribution is 6.22. The molecule has 10 rings (SSSR count). The van der Waals surface area contributed by atoms with Crippen molar-refractivity contribution < 1.29 is 4.42 Å². The third-order valence-electron chi connectivity index (χ3n) is 9.50. The van der Waals surface area contributed by atoms with E-state index in [2.05, 4.69) is 120 Å². The Kier molecular flexibility index (Phi) is 6.15. The van der Waals surface area contributed by atoms with Gasteiger partial charge in [-0.3, -0.25) is 4.98 Å². The van der Waals surface area contributed by atoms with Gasteiger partial charge in [0.1, 0.15) is 11.2 Å². The second kappa shape index (κ2) is 11.0. The summed E-state index contributed by atoms with van der Waals surface area (Å²) >= 11 is 0. The molecule has 4 heterocycles. The molecule has 49 heavy (non-hydrogen) atoms. The van der Waals surface area contributed by atoms with Gasteiger partial charge in [0.05, 0.1) is 28.1 Å². The molecule has 0 spiro atoms. The highest BCUT2D eigenvalue weighted by Crippen LogP contribution is 2.43. The third-order valence-corrected chi connectivity index (χ3v) is 9.50. The van der Waals surface area contributed by atoms with Crippen LogP contribution in [0.1, 0.15) is 0 Å². The summed E-state index contributed by atoms with van der Waals surface area (Å²) in [5.74, 6) is 0. The van der Waals surface area contributed by atoms with Crippen molar-refractivity contribution in [3.05, 3.63) is 164 Å². The van der Waals surface area contributed by atoms with Gasteiger partial charge >= 0.3 is 0 Å². The summed E-state index contributed by atoms with van der Waals surface area (Å²) in [6.45, 7) is 0. The number of pyridine rings is 3. The predicted molar refractivity (Wildman–Crippen MR) is 201 cm³/mol. The van der Waals surface area contributed by atoms with Crippen LogP contribution < -0.4 is 0 Å². The van der Waals surface area contributed by atoms with Crippen LogP contribution in [0, 0.1) is 0 Å². The first-order chi connectivity index (χ1) is 24.3. The number of nitrogens with zero attached hydrogens (tertiary/aromatic N) is 3. The van der Waals surface area contributed by atoms with Crippen LogP contribution >= 0.6 is 0 Å². The van der Waals surface area contributed by atoms with Crippen LogP contribution in [-0.4, -0.2) is 15.0 Å². The van der Waals surface area contributed by atoms with Crippen molar-refractivity contribution in [2.75, 3.05) is 0 Å². The van der Waals surface area contributed by atoms with Crippen molar-refractivity contribution in [1.29, 1.82) is 0 Å². The molecule has 4 aromatic heterocycles. The number of hydrogen-bond acceptors (Lipinski definition) is 4. The van der Waals surface area contributed by atoms with Gasteiger partial charge < -0.3 is 4.42 Å². The Morgan fingerprint density at radius 1 is 0.408 bits per heavy atom. The summed E-state index contributed by atoms with van der Waals surface area (Å²) in [6, 6.07) is 54.8. The topological polar surface area (TPSA) is 51.8 Å². The van der Waals surface area contributed by atoms with E-state index in [1.165, 1.54) is 0 Å². The highest BCUT2D eigenvalue weighted by Gasteiger charge is 2.18. The Hall–Kier alpha value is -6.65. The first-order valence-corrected chi connectivity index (χ1v) is 16.4. The Morgan fingerprint density at radius 3 is 1.84 bits per heavy atom. The molecule has 4 nitrogen and oxygen atoms in total. The van der Waals surface area contributed by atoms with Crippen LogP contribution in [0.5, 0.6) is 0 Å². The standard InChI is InChI=1S/C45H27N3O/c1-2-10-28(11-3-1)38-23-21-29-19-20-30-22-24-39(48-44(30)43(29)47-38)32-13-8-12-31(26-32)36-27-37-42-35(40-17-6-7-25-46-40)16-9-18-41(42)49-45(37)34-15-5-4-14-33(34)36/h1-27H. The Morgan fingerprint density at radius 2 is 1.06 bits per heavy atom. The van der Waals surface area contributed by atoms with E-state index in [9.17, 15) is 0 Å². The molecule has 228 valence electrons. The quantitative estimate of drug-likeness (QED) is 0.183. The zero-order valence-corrected chi connectivity index (χ0v) is 26.3. The summed E-state index contributed by atoms with van der Waals surface area (Å²) in [5, 5.41) is 6.51. The SMILES string of the molecule is c1ccc(-c2ccc3ccc4ccc(-c5cccc(-c6cc7c(oc8cccc(-c9ccccn9)c87)c7ccccc67)c5)nc4c3n2)cc1. The molecule has 0 saturated heterocycles. The molecule has 10 aromatic rings. The van der Waals surface area contributed by atoms with Gasteiger partial charge in [0.25, 0.3) is 0 Å². The van der Waals surface area contributed by atoms with Crippen LogP contribution in [0.4, 0.5) is 0 Å². The van der Waals surface area contributed by atoms with Gasteiger partial charge in [-0.1, -0.05) is 115 Å². The minimum absolute atomic E-state index is 0.853. The molecule has 0 radical (unpaired) electrons. The summed E-state index contributed by atoms with van der Waals surface area (Å²) in [4.78, 5) is 15.0. The summed E-state index contributed by atoms with van der Waals surface area (Å²) in [5.41, 5.74) is 11.8. The Balaban J connectivity index is 1.16. The average molecular weight is 626 g/mol. The van der Waals surface area contributed by atoms with Crippen molar-refractivity contribution in [3.8, 4) is 44.9 Å². The maximum absolute atomic E-state index is 6.58. The first kappa shape index (κ1) is 27.5. The van der Waals surface area contributed by atoms with Crippen LogP contribution in [0.25, 0.3) is 99.4 Å². The number of benzene rings is 6. The minimum atomic E-state index is 0.853. The van der Waals surface area contributed by atoms with Gasteiger partial charge in [-0.05, 0) is 59.0 Å². The largest absolute Gasteiger partial charge is 0.455 e. The normalized spacial score (nSPS) is 11.7. The summed E-state index contributed by atoms with van der Waals surface area (Å²) in [6.07, 6.45) is 1.84. The van der Waals surface area contributed by atoms with E-state index in [1.807, 2.05) is 48.7 Å². The maximum Gasteiger partial charge on any atom is 0.143 e. The average Bonchev–Trinajstić information content (AvgIpc) is 3.57. The van der Waals surface area contributed by atoms with E-state index in [-0.39, 0.29) is 0 Å². The predicted octanol–water partition coefficient (Wildman–Crippen LogP) is 11.9. The molecule has 0 aliphatic carbocycles. The summed E-state index contributed by atoms with van der Waals surface area (Å²) in [7, 11) is 0. The number of furan rings is 1. The lowest BCUT2D eigenvalue weighted by Crippen LogP contribution is -1.91. The molecule has 0 atom stereocenters. The number of fused-ring (bicyclic) bond motifs is 8. The number of rotatable bonds is 4. The van der Waals surface area contributed by atoms with Crippen LogP contribution in [0.15, 0.2) is 168 Å². The molecule has 0 aliphatic heterocycles. The van der Waals surface area contributed by atoms with E-state index in [1.54, 1.807) is 0 Å². The number of aromatic nitrogens is 3. The summed E-state index contributed by atoms with van der Waals surface area (Å²) < 4.78 is 6.58. The van der Waals surface area contributed by atoms with E-state index in [4.69, 9.17) is 14.4 Å². The van der Waals surface area contributed by atoms with Crippen LogP contribution in [0.2, 0.25) is 0 Å². The van der Waals surface area contributed by atoms with Crippen molar-refractivity contribution in [3.63, 3.8) is 0 Å². The van der Waals surface area contributed by atoms with Crippen molar-refractivity contribution in [1.82, 2.24) is 15.0 Å². The Bertz CT molecular complexity index is 2880. The third kappa shape index (κ3) is 4.49. The lowest BCUT2D eigenvalue weighted by molar-refractivity contribution is 0.673. The number of hydrogen-bond donors (Lipinski definition) is 0. The molecule has 0 amide bonds. The van der Waals surface area contributed by atoms with E-state index >= 15 is 0 Å². The van der Waals surface area contributed by atoms with Crippen molar-refractivity contribution in [2.24, 2.45) is 0 Å². The molecule has 4 heteroatoms. The van der Waals surface area contributed by atoms with Gasteiger partial charge in [0, 0.05) is 49.8 Å². The van der Waals surface area contributed by atoms with Crippen LogP contribution in [-0.2, 0) is 0 Å². The van der Waals surface area contributed by atoms with Gasteiger partial charge in [-0.25, -0.2) is 9.97 Å². The zero-order valence-electron chi connectivity index (χ0n) is 26.3. The van der Waals surface area contributed by atoms with E-state index < -0.39 is 0 Å². The van der Waals surface area contributed by atoms with Gasteiger partial charge in [-0.2, -0.15) is 0 Å². The fourth-order valence-corrected chi connectivity index (χ4v) is 7.17. The molecule has 6 aromatic carbocycles. The van der Waals surface area contributed by atoms with Gasteiger partial charge in [0.2, 0.25) is 0 Å². The molecule has 0 bridgehead atoms. The monoisotopic (exact) mass is 625 g/mol. The Labute approximate surface area is 282 Å². The first-order valence-electron chi connectivity index (χ1n) is 16.4. The maximum atomic E-state index is 6.58. The highest BCUT2D eigenvalue weighted by atomic mass is 16.3. The molecular formula is C45H27N3O. The molecular weight excluding hydrogens is 599 g/mol. The molecule has 0 N–H and O–H groups in total. The van der Waals surface area contributed by atoms with Crippen LogP contribution in [0.3, 0.4) is 0 Å². The molecule has 0 fully saturated rings.